The standard InChI is InChI=1S/C16H17N3O6/c1-2-24-14(22)8-7-12(19-25-9-13(20)21)15-16(23)18-11-6-4-3-5-10(11)17-15/h3-6H,2,7-9H2,1H3,(H,18,23)(H,20,21)/b19-12+. The SMILES string of the molecule is CCOC(=O)CC/C(=N\OCC(=O)O)c1nc2ccccc2[nH]c1=O. The Hall–Kier alpha value is -3.23. The summed E-state index contributed by atoms with van der Waals surface area (Å²) in [7, 11) is 0. The highest BCUT2D eigenvalue weighted by Crippen LogP contribution is 2.09. The van der Waals surface area contributed by atoms with Gasteiger partial charge in [0, 0.05) is 6.42 Å². The van der Waals surface area contributed by atoms with E-state index in [9.17, 15) is 14.4 Å². The number of rotatable bonds is 8. The van der Waals surface area contributed by atoms with Crippen molar-refractivity contribution in [3.05, 3.63) is 40.3 Å². The third-order valence-corrected chi connectivity index (χ3v) is 3.11. The molecule has 0 aliphatic carbocycles. The second-order valence-corrected chi connectivity index (χ2v) is 4.94. The quantitative estimate of drug-likeness (QED) is 0.415. The number of nitrogens with one attached hydrogen (secondary N) is 1. The number of carboxylic acids is 1. The maximum absolute atomic E-state index is 12.3. The number of esters is 1. The summed E-state index contributed by atoms with van der Waals surface area (Å²) in [6.45, 7) is 1.24. The topological polar surface area (TPSA) is 131 Å². The van der Waals surface area contributed by atoms with Gasteiger partial charge in [-0.15, -0.1) is 0 Å². The van der Waals surface area contributed by atoms with Gasteiger partial charge in [0.15, 0.2) is 5.69 Å². The first-order chi connectivity index (χ1) is 12.0. The zero-order valence-corrected chi connectivity index (χ0v) is 13.5. The molecule has 0 unspecified atom stereocenters. The van der Waals surface area contributed by atoms with Crippen LogP contribution in [0.2, 0.25) is 0 Å². The van der Waals surface area contributed by atoms with Crippen molar-refractivity contribution in [2.24, 2.45) is 5.16 Å². The Morgan fingerprint density at radius 1 is 1.28 bits per heavy atom. The zero-order valence-electron chi connectivity index (χ0n) is 13.5. The maximum atomic E-state index is 12.3. The van der Waals surface area contributed by atoms with E-state index < -0.39 is 24.1 Å². The Morgan fingerprint density at radius 3 is 2.76 bits per heavy atom. The molecule has 0 bridgehead atoms. The van der Waals surface area contributed by atoms with Crippen molar-refractivity contribution in [3.63, 3.8) is 0 Å². The lowest BCUT2D eigenvalue weighted by atomic mass is 10.1. The molecule has 2 rings (SSSR count). The monoisotopic (exact) mass is 347 g/mol. The second kappa shape index (κ2) is 8.57. The summed E-state index contributed by atoms with van der Waals surface area (Å²) in [5.41, 5.74) is 0.599. The molecule has 25 heavy (non-hydrogen) atoms. The van der Waals surface area contributed by atoms with Gasteiger partial charge in [-0.25, -0.2) is 9.78 Å². The molecule has 0 aliphatic rings. The number of carbonyl (C=O) groups is 2. The molecular formula is C16H17N3O6. The fourth-order valence-corrected chi connectivity index (χ4v) is 2.05. The van der Waals surface area contributed by atoms with Gasteiger partial charge in [0.05, 0.1) is 24.1 Å². The van der Waals surface area contributed by atoms with Crippen LogP contribution in [0.25, 0.3) is 11.0 Å². The van der Waals surface area contributed by atoms with Crippen LogP contribution >= 0.6 is 0 Å². The summed E-state index contributed by atoms with van der Waals surface area (Å²) in [6.07, 6.45) is -0.0239. The first-order valence-corrected chi connectivity index (χ1v) is 7.57. The Labute approximate surface area is 142 Å². The number of nitrogens with zero attached hydrogens (tertiary/aromatic N) is 2. The second-order valence-electron chi connectivity index (χ2n) is 4.94. The van der Waals surface area contributed by atoms with Crippen LogP contribution in [0, 0.1) is 0 Å². The average molecular weight is 347 g/mol. The zero-order chi connectivity index (χ0) is 18.2. The minimum Gasteiger partial charge on any atom is -0.479 e. The third-order valence-electron chi connectivity index (χ3n) is 3.11. The molecule has 9 nitrogen and oxygen atoms in total. The van der Waals surface area contributed by atoms with E-state index in [0.717, 1.165) is 0 Å². The fraction of sp³-hybridized carbons (Fsp3) is 0.312. The Balaban J connectivity index is 2.33. The number of carboxylic acid groups (broad SMARTS) is 1. The van der Waals surface area contributed by atoms with Crippen molar-refractivity contribution >= 4 is 28.7 Å². The largest absolute Gasteiger partial charge is 0.479 e. The number of fused-ring (bicyclic) bond motifs is 1. The minimum atomic E-state index is -1.21. The molecule has 1 aromatic heterocycles. The number of carbonyl (C=O) groups excluding carboxylic acids is 1. The molecule has 132 valence electrons. The maximum Gasteiger partial charge on any atom is 0.344 e. The molecular weight excluding hydrogens is 330 g/mol. The lowest BCUT2D eigenvalue weighted by Gasteiger charge is -2.06. The minimum absolute atomic E-state index is 0.0207. The molecule has 0 fully saturated rings. The van der Waals surface area contributed by atoms with E-state index in [1.54, 1.807) is 31.2 Å². The van der Waals surface area contributed by atoms with Gasteiger partial charge in [0.1, 0.15) is 5.71 Å². The molecule has 0 atom stereocenters. The summed E-state index contributed by atoms with van der Waals surface area (Å²) >= 11 is 0. The number of hydrogen-bond donors (Lipinski definition) is 2. The summed E-state index contributed by atoms with van der Waals surface area (Å²) in [6, 6.07) is 6.92. The van der Waals surface area contributed by atoms with E-state index >= 15 is 0 Å². The highest BCUT2D eigenvalue weighted by atomic mass is 16.6. The van der Waals surface area contributed by atoms with Gasteiger partial charge >= 0.3 is 11.9 Å². The fourth-order valence-electron chi connectivity index (χ4n) is 2.05. The van der Waals surface area contributed by atoms with Crippen molar-refractivity contribution < 1.29 is 24.3 Å². The molecule has 0 spiro atoms. The predicted octanol–water partition coefficient (Wildman–Crippen LogP) is 1.07. The van der Waals surface area contributed by atoms with Gasteiger partial charge in [-0.2, -0.15) is 0 Å². The van der Waals surface area contributed by atoms with Crippen LogP contribution < -0.4 is 5.56 Å². The number of aromatic nitrogens is 2. The Kier molecular flexibility index (Phi) is 6.21. The van der Waals surface area contributed by atoms with Gasteiger partial charge in [0.25, 0.3) is 5.56 Å². The lowest BCUT2D eigenvalue weighted by Crippen LogP contribution is -2.22. The van der Waals surface area contributed by atoms with Crippen LogP contribution in [0.1, 0.15) is 25.5 Å². The van der Waals surface area contributed by atoms with Gasteiger partial charge in [-0.3, -0.25) is 9.59 Å². The molecule has 1 aromatic carbocycles. The van der Waals surface area contributed by atoms with Crippen molar-refractivity contribution in [3.8, 4) is 0 Å². The summed E-state index contributed by atoms with van der Waals surface area (Å²) < 4.78 is 4.84. The molecule has 0 radical (unpaired) electrons. The van der Waals surface area contributed by atoms with Crippen LogP contribution in [0.15, 0.2) is 34.2 Å². The highest BCUT2D eigenvalue weighted by Gasteiger charge is 2.15. The van der Waals surface area contributed by atoms with E-state index in [-0.39, 0.29) is 30.9 Å². The van der Waals surface area contributed by atoms with Gasteiger partial charge < -0.3 is 19.7 Å². The number of hydrogen-bond acceptors (Lipinski definition) is 7. The molecule has 0 aliphatic heterocycles. The smallest absolute Gasteiger partial charge is 0.344 e. The number of ether oxygens (including phenoxy) is 1. The van der Waals surface area contributed by atoms with Gasteiger partial charge in [-0.05, 0) is 19.1 Å². The summed E-state index contributed by atoms with van der Waals surface area (Å²) in [5.74, 6) is -1.68. The average Bonchev–Trinajstić information content (AvgIpc) is 2.57. The first-order valence-electron chi connectivity index (χ1n) is 7.57. The van der Waals surface area contributed by atoms with E-state index in [1.807, 2.05) is 0 Å². The van der Waals surface area contributed by atoms with Gasteiger partial charge in [-0.1, -0.05) is 17.3 Å². The molecule has 2 N–H and O–H groups in total. The number of para-hydroxylation sites is 2. The number of H-pyrrole nitrogens is 1. The molecule has 2 aromatic rings. The molecule has 9 heteroatoms. The van der Waals surface area contributed by atoms with Crippen LogP contribution in [0.5, 0.6) is 0 Å². The summed E-state index contributed by atoms with van der Waals surface area (Å²) in [4.78, 5) is 46.0. The number of aromatic amines is 1. The van der Waals surface area contributed by atoms with Crippen molar-refractivity contribution in [2.75, 3.05) is 13.2 Å². The highest BCUT2D eigenvalue weighted by molar-refractivity contribution is 6.00. The Bertz CT molecular complexity index is 858. The Morgan fingerprint density at radius 2 is 2.04 bits per heavy atom. The van der Waals surface area contributed by atoms with Crippen molar-refractivity contribution in [2.45, 2.75) is 19.8 Å². The first kappa shape index (κ1) is 18.1. The van der Waals surface area contributed by atoms with Crippen LogP contribution in [-0.2, 0) is 19.2 Å². The van der Waals surface area contributed by atoms with E-state index in [4.69, 9.17) is 14.7 Å². The van der Waals surface area contributed by atoms with E-state index in [0.29, 0.717) is 11.0 Å². The van der Waals surface area contributed by atoms with Crippen molar-refractivity contribution in [1.29, 1.82) is 0 Å². The van der Waals surface area contributed by atoms with Gasteiger partial charge in [0.2, 0.25) is 6.61 Å². The summed E-state index contributed by atoms with van der Waals surface area (Å²) in [5, 5.41) is 12.3. The van der Waals surface area contributed by atoms with E-state index in [2.05, 4.69) is 15.1 Å². The van der Waals surface area contributed by atoms with Crippen LogP contribution in [-0.4, -0.2) is 45.9 Å². The van der Waals surface area contributed by atoms with Crippen LogP contribution in [0.3, 0.4) is 0 Å². The normalized spacial score (nSPS) is 11.3. The number of aliphatic carboxylic acids is 1. The lowest BCUT2D eigenvalue weighted by molar-refractivity contribution is -0.143. The predicted molar refractivity (Wildman–Crippen MR) is 88.4 cm³/mol. The third kappa shape index (κ3) is 5.13. The van der Waals surface area contributed by atoms with E-state index in [1.165, 1.54) is 0 Å². The van der Waals surface area contributed by atoms with Crippen molar-refractivity contribution in [1.82, 2.24) is 9.97 Å². The molecule has 0 amide bonds. The van der Waals surface area contributed by atoms with Crippen LogP contribution in [0.4, 0.5) is 0 Å². The molecule has 1 heterocycles. The number of benzene rings is 1. The molecule has 0 saturated heterocycles. The number of oxime groups is 1. The molecule has 0 saturated carbocycles.